The van der Waals surface area contributed by atoms with Crippen molar-refractivity contribution < 1.29 is 5.21 Å². The monoisotopic (exact) mass is 342 g/mol. The summed E-state index contributed by atoms with van der Waals surface area (Å²) in [5.74, 6) is 0.637. The molecule has 0 radical (unpaired) electrons. The van der Waals surface area contributed by atoms with Crippen LogP contribution in [0.4, 0.5) is 0 Å². The Morgan fingerprint density at radius 2 is 1.96 bits per heavy atom. The third kappa shape index (κ3) is 2.65. The van der Waals surface area contributed by atoms with Gasteiger partial charge in [-0.25, -0.2) is 9.97 Å². The van der Waals surface area contributed by atoms with Gasteiger partial charge in [0.1, 0.15) is 22.9 Å². The van der Waals surface area contributed by atoms with Crippen molar-refractivity contribution >= 4 is 28.3 Å². The van der Waals surface area contributed by atoms with Crippen molar-refractivity contribution in [3.63, 3.8) is 0 Å². The molecule has 1 N–H and O–H groups in total. The fraction of sp³-hybridized carbons (Fsp3) is 0.278. The molecule has 0 unspecified atom stereocenters. The van der Waals surface area contributed by atoms with Gasteiger partial charge in [-0.2, -0.15) is 0 Å². The molecule has 0 bridgehead atoms. The molecule has 0 aliphatic rings. The van der Waals surface area contributed by atoms with Crippen LogP contribution in [0.1, 0.15) is 36.0 Å². The number of fused-ring (bicyclic) bond motifs is 1. The van der Waals surface area contributed by atoms with E-state index in [2.05, 4.69) is 15.1 Å². The molecule has 0 saturated heterocycles. The maximum atomic E-state index is 9.33. The normalized spacial score (nSPS) is 12.1. The van der Waals surface area contributed by atoms with Crippen LogP contribution in [0.15, 0.2) is 29.6 Å². The molecule has 124 valence electrons. The lowest BCUT2D eigenvalue weighted by Gasteiger charge is -2.10. The number of hydrogen-bond donors (Lipinski definition) is 1. The van der Waals surface area contributed by atoms with Gasteiger partial charge in [0.05, 0.1) is 5.69 Å². The van der Waals surface area contributed by atoms with Crippen LogP contribution >= 0.6 is 11.6 Å². The van der Waals surface area contributed by atoms with Crippen LogP contribution in [-0.2, 0) is 0 Å². The molecule has 0 atom stereocenters. The van der Waals surface area contributed by atoms with Crippen LogP contribution in [-0.4, -0.2) is 25.5 Å². The zero-order chi connectivity index (χ0) is 17.4. The molecule has 2 aromatic heterocycles. The molecule has 1 aromatic carbocycles. The number of rotatable bonds is 3. The summed E-state index contributed by atoms with van der Waals surface area (Å²) in [6.07, 6.45) is 2.62. The quantitative estimate of drug-likeness (QED) is 0.430. The smallest absolute Gasteiger partial charge is 0.149 e. The topological polar surface area (TPSA) is 63.3 Å². The molecule has 0 aliphatic heterocycles. The van der Waals surface area contributed by atoms with Crippen LogP contribution < -0.4 is 0 Å². The first kappa shape index (κ1) is 16.5. The Labute approximate surface area is 145 Å². The fourth-order valence-corrected chi connectivity index (χ4v) is 3.21. The second-order valence-corrected chi connectivity index (χ2v) is 6.27. The second-order valence-electron chi connectivity index (χ2n) is 5.83. The van der Waals surface area contributed by atoms with E-state index in [4.69, 9.17) is 11.6 Å². The first-order chi connectivity index (χ1) is 11.5. The predicted molar refractivity (Wildman–Crippen MR) is 96.7 cm³/mol. The van der Waals surface area contributed by atoms with Gasteiger partial charge in [-0.3, -0.25) is 0 Å². The van der Waals surface area contributed by atoms with Crippen molar-refractivity contribution in [1.29, 1.82) is 0 Å². The maximum absolute atomic E-state index is 9.33. The summed E-state index contributed by atoms with van der Waals surface area (Å²) < 4.78 is 2.04. The van der Waals surface area contributed by atoms with Gasteiger partial charge in [0, 0.05) is 16.6 Å². The largest absolute Gasteiger partial charge is 0.411 e. The molecule has 0 spiro atoms. The van der Waals surface area contributed by atoms with Crippen molar-refractivity contribution in [3.8, 4) is 5.69 Å². The summed E-state index contributed by atoms with van der Waals surface area (Å²) >= 11 is 6.08. The summed E-state index contributed by atoms with van der Waals surface area (Å²) in [5, 5.41) is 14.4. The Bertz CT molecular complexity index is 959. The van der Waals surface area contributed by atoms with Crippen molar-refractivity contribution in [3.05, 3.63) is 52.1 Å². The average molecular weight is 343 g/mol. The van der Waals surface area contributed by atoms with Crippen LogP contribution in [0, 0.1) is 20.8 Å². The van der Waals surface area contributed by atoms with Crippen molar-refractivity contribution in [2.45, 2.75) is 34.1 Å². The Balaban J connectivity index is 2.37. The summed E-state index contributed by atoms with van der Waals surface area (Å²) in [5.41, 5.74) is 5.15. The Kier molecular flexibility index (Phi) is 4.28. The van der Waals surface area contributed by atoms with E-state index < -0.39 is 0 Å². The highest BCUT2D eigenvalue weighted by molar-refractivity contribution is 6.30. The van der Waals surface area contributed by atoms with Gasteiger partial charge in [-0.1, -0.05) is 23.7 Å². The number of benzene rings is 1. The summed E-state index contributed by atoms with van der Waals surface area (Å²) in [4.78, 5) is 9.14. The SMILES string of the molecule is CC/C(=N/O)c1nc(C)nc2c1c(C)cn2-c1ccc(Cl)cc1C. The molecular formula is C18H19ClN4O. The van der Waals surface area contributed by atoms with E-state index in [1.165, 1.54) is 0 Å². The van der Waals surface area contributed by atoms with E-state index in [1.54, 1.807) is 0 Å². The highest BCUT2D eigenvalue weighted by Gasteiger charge is 2.18. The second kappa shape index (κ2) is 6.24. The first-order valence-electron chi connectivity index (χ1n) is 7.80. The van der Waals surface area contributed by atoms with Gasteiger partial charge in [-0.15, -0.1) is 0 Å². The van der Waals surface area contributed by atoms with Gasteiger partial charge >= 0.3 is 0 Å². The van der Waals surface area contributed by atoms with Crippen LogP contribution in [0.3, 0.4) is 0 Å². The first-order valence-corrected chi connectivity index (χ1v) is 8.18. The predicted octanol–water partition coefficient (Wildman–Crippen LogP) is 4.59. The molecule has 3 rings (SSSR count). The van der Waals surface area contributed by atoms with Crippen molar-refractivity contribution in [2.75, 3.05) is 0 Å². The van der Waals surface area contributed by atoms with Crippen molar-refractivity contribution in [1.82, 2.24) is 14.5 Å². The minimum absolute atomic E-state index is 0.555. The fourth-order valence-electron chi connectivity index (χ4n) is 2.98. The van der Waals surface area contributed by atoms with Gasteiger partial charge in [-0.05, 0) is 56.5 Å². The molecule has 2 heterocycles. The standard InChI is InChI=1S/C18H19ClN4O/c1-5-14(22-24)17-16-11(3)9-23(18(16)21-12(4)20-17)15-7-6-13(19)8-10(15)2/h6-9,24H,5H2,1-4H3/b22-14-. The highest BCUT2D eigenvalue weighted by Crippen LogP contribution is 2.28. The molecule has 0 amide bonds. The maximum Gasteiger partial charge on any atom is 0.149 e. The highest BCUT2D eigenvalue weighted by atomic mass is 35.5. The van der Waals surface area contributed by atoms with E-state index in [0.717, 1.165) is 27.8 Å². The number of hydrogen-bond acceptors (Lipinski definition) is 4. The zero-order valence-corrected chi connectivity index (χ0v) is 14.9. The zero-order valence-electron chi connectivity index (χ0n) is 14.1. The van der Waals surface area contributed by atoms with E-state index in [1.807, 2.05) is 56.7 Å². The lowest BCUT2D eigenvalue weighted by Crippen LogP contribution is -2.07. The number of halogens is 1. The summed E-state index contributed by atoms with van der Waals surface area (Å²) in [6, 6.07) is 5.78. The molecule has 24 heavy (non-hydrogen) atoms. The Morgan fingerprint density at radius 1 is 1.21 bits per heavy atom. The molecule has 5 nitrogen and oxygen atoms in total. The van der Waals surface area contributed by atoms with Gasteiger partial charge in [0.2, 0.25) is 0 Å². The number of aryl methyl sites for hydroxylation is 3. The minimum atomic E-state index is 0.555. The number of aromatic nitrogens is 3. The average Bonchev–Trinajstić information content (AvgIpc) is 2.85. The van der Waals surface area contributed by atoms with Crippen LogP contribution in [0.2, 0.25) is 5.02 Å². The molecule has 3 aromatic rings. The molecule has 6 heteroatoms. The van der Waals surface area contributed by atoms with E-state index in [0.29, 0.717) is 28.7 Å². The van der Waals surface area contributed by atoms with Crippen LogP contribution in [0.25, 0.3) is 16.7 Å². The molecule has 0 fully saturated rings. The van der Waals surface area contributed by atoms with Crippen molar-refractivity contribution in [2.24, 2.45) is 5.16 Å². The van der Waals surface area contributed by atoms with E-state index >= 15 is 0 Å². The van der Waals surface area contributed by atoms with Gasteiger partial charge < -0.3 is 9.77 Å². The van der Waals surface area contributed by atoms with E-state index in [9.17, 15) is 5.21 Å². The third-order valence-electron chi connectivity index (χ3n) is 4.09. The number of nitrogens with zero attached hydrogens (tertiary/aromatic N) is 4. The lowest BCUT2D eigenvalue weighted by atomic mass is 10.1. The summed E-state index contributed by atoms with van der Waals surface area (Å²) in [6.45, 7) is 7.81. The van der Waals surface area contributed by atoms with Gasteiger partial charge in [0.15, 0.2) is 0 Å². The Hall–Kier alpha value is -2.40. The lowest BCUT2D eigenvalue weighted by molar-refractivity contribution is 0.318. The molecule has 0 saturated carbocycles. The molecular weight excluding hydrogens is 324 g/mol. The molecule has 0 aliphatic carbocycles. The van der Waals surface area contributed by atoms with Crippen LogP contribution in [0.5, 0.6) is 0 Å². The minimum Gasteiger partial charge on any atom is -0.411 e. The third-order valence-corrected chi connectivity index (χ3v) is 4.33. The van der Waals surface area contributed by atoms with E-state index in [-0.39, 0.29) is 0 Å². The number of oxime groups is 1. The summed E-state index contributed by atoms with van der Waals surface area (Å²) in [7, 11) is 0. The van der Waals surface area contributed by atoms with Gasteiger partial charge in [0.25, 0.3) is 0 Å². The Morgan fingerprint density at radius 3 is 2.58 bits per heavy atom.